The molecule has 0 aliphatic heterocycles. The maximum absolute atomic E-state index is 11.9. The number of hydrogen-bond acceptors (Lipinski definition) is 12. The molecule has 0 atom stereocenters. The van der Waals surface area contributed by atoms with Crippen LogP contribution in [0.2, 0.25) is 0 Å². The van der Waals surface area contributed by atoms with E-state index in [1.54, 1.807) is 23.0 Å². The van der Waals surface area contributed by atoms with Gasteiger partial charge in [-0.15, -0.1) is 0 Å². The number of fused-ring (bicyclic) bond motifs is 2. The van der Waals surface area contributed by atoms with Gasteiger partial charge in [0.25, 0.3) is 0 Å². The number of carbonyl (C=O) groups is 2. The Kier molecular flexibility index (Phi) is 8.22. The van der Waals surface area contributed by atoms with Crippen molar-refractivity contribution in [2.24, 2.45) is 11.5 Å². The number of rotatable bonds is 12. The van der Waals surface area contributed by atoms with E-state index in [1.165, 1.54) is 24.3 Å². The van der Waals surface area contributed by atoms with Gasteiger partial charge in [0.15, 0.2) is 11.8 Å². The number of amides is 2. The number of nitrogens with two attached hydrogens (primary N) is 2. The Morgan fingerprint density at radius 3 is 1.48 bits per heavy atom. The Morgan fingerprint density at radius 1 is 0.729 bits per heavy atom. The van der Waals surface area contributed by atoms with Gasteiger partial charge >= 0.3 is 0 Å². The molecule has 2 amide bonds. The van der Waals surface area contributed by atoms with Gasteiger partial charge in [0, 0.05) is 38.1 Å². The second-order valence-electron chi connectivity index (χ2n) is 11.0. The lowest BCUT2D eigenvalue weighted by Gasteiger charge is -2.10. The summed E-state index contributed by atoms with van der Waals surface area (Å²) in [5.74, 6) is 0.656. The molecule has 16 nitrogen and oxygen atoms in total. The van der Waals surface area contributed by atoms with Crippen molar-refractivity contribution in [3.05, 3.63) is 70.7 Å². The lowest BCUT2D eigenvalue weighted by atomic mass is 10.1. The van der Waals surface area contributed by atoms with Gasteiger partial charge in [-0.3, -0.25) is 20.2 Å². The first-order chi connectivity index (χ1) is 23.0. The number of phenolic OH excluding ortho intramolecular Hbond substituents is 2. The monoisotopic (exact) mass is 654 g/mol. The molecule has 0 saturated heterocycles. The third kappa shape index (κ3) is 5.86. The number of aromatic hydroxyl groups is 2. The van der Waals surface area contributed by atoms with Gasteiger partial charge < -0.3 is 39.6 Å². The first kappa shape index (κ1) is 31.7. The van der Waals surface area contributed by atoms with Crippen molar-refractivity contribution >= 4 is 57.5 Å². The van der Waals surface area contributed by atoms with Gasteiger partial charge in [0.1, 0.15) is 33.9 Å². The fourth-order valence-corrected chi connectivity index (χ4v) is 5.50. The second kappa shape index (κ2) is 12.5. The average Bonchev–Trinajstić information content (AvgIpc) is 3.78. The van der Waals surface area contributed by atoms with Crippen molar-refractivity contribution < 1.29 is 28.6 Å². The fourth-order valence-electron chi connectivity index (χ4n) is 5.50. The maximum Gasteiger partial charge on any atom is 0.248 e. The molecule has 8 N–H and O–H groups in total. The molecule has 4 aromatic heterocycles. The largest absolute Gasteiger partial charge is 0.506 e. The number of oxazole rings is 2. The fraction of sp³-hybridized carbons (Fsp3) is 0.250. The van der Waals surface area contributed by atoms with Crippen molar-refractivity contribution in [2.75, 3.05) is 10.6 Å². The zero-order chi connectivity index (χ0) is 34.3. The predicted molar refractivity (Wildman–Crippen MR) is 177 cm³/mol. The summed E-state index contributed by atoms with van der Waals surface area (Å²) in [6, 6.07) is 5.59. The van der Waals surface area contributed by atoms with Crippen molar-refractivity contribution in [2.45, 2.75) is 53.6 Å². The lowest BCUT2D eigenvalue weighted by molar-refractivity contribution is 0.0991. The quantitative estimate of drug-likeness (QED) is 0.100. The summed E-state index contributed by atoms with van der Waals surface area (Å²) >= 11 is 0. The highest BCUT2D eigenvalue weighted by atomic mass is 16.4. The highest BCUT2D eigenvalue weighted by molar-refractivity contribution is 5.99. The van der Waals surface area contributed by atoms with E-state index in [0.717, 1.165) is 0 Å². The zero-order valence-electron chi connectivity index (χ0n) is 26.7. The first-order valence-electron chi connectivity index (χ1n) is 15.1. The molecule has 0 radical (unpaired) electrons. The van der Waals surface area contributed by atoms with Crippen LogP contribution in [0.4, 0.5) is 23.7 Å². The number of benzene rings is 2. The third-order valence-corrected chi connectivity index (χ3v) is 7.68. The van der Waals surface area contributed by atoms with Crippen LogP contribution in [0.25, 0.3) is 22.1 Å². The predicted octanol–water partition coefficient (Wildman–Crippen LogP) is 4.46. The van der Waals surface area contributed by atoms with E-state index in [9.17, 15) is 19.8 Å². The molecule has 0 unspecified atom stereocenters. The number of aryl methyl sites for hydroxylation is 4. The number of carbonyl (C=O) groups excluding carboxylic acids is 2. The smallest absolute Gasteiger partial charge is 0.248 e. The number of primary amides is 2. The summed E-state index contributed by atoms with van der Waals surface area (Å²) in [7, 11) is 0. The molecule has 16 heteroatoms. The summed E-state index contributed by atoms with van der Waals surface area (Å²) in [4.78, 5) is 41.9. The van der Waals surface area contributed by atoms with E-state index in [-0.39, 0.29) is 35.7 Å². The molecule has 0 aliphatic rings. The SMILES string of the molecule is CCc1nc(C)oc1Nc1nc2cc(C(N)=O)cc(O)c2n1C/C=C/Cn1c(Nc2oc(C)nc2CC)nc2cc(C(N)=O)cc(O)c21. The van der Waals surface area contributed by atoms with Gasteiger partial charge in [-0.25, -0.2) is 19.9 Å². The average molecular weight is 655 g/mol. The lowest BCUT2D eigenvalue weighted by Crippen LogP contribution is -2.10. The van der Waals surface area contributed by atoms with Gasteiger partial charge in [-0.05, 0) is 37.1 Å². The van der Waals surface area contributed by atoms with Crippen LogP contribution in [0.5, 0.6) is 11.5 Å². The van der Waals surface area contributed by atoms with Crippen molar-refractivity contribution in [1.82, 2.24) is 29.1 Å². The Hall–Kier alpha value is -6.32. The van der Waals surface area contributed by atoms with Crippen molar-refractivity contribution in [3.8, 4) is 11.5 Å². The summed E-state index contributed by atoms with van der Waals surface area (Å²) in [6.07, 6.45) is 4.88. The van der Waals surface area contributed by atoms with Crippen LogP contribution in [-0.2, 0) is 25.9 Å². The minimum atomic E-state index is -0.704. The molecule has 0 saturated carbocycles. The highest BCUT2D eigenvalue weighted by Gasteiger charge is 2.21. The van der Waals surface area contributed by atoms with Crippen LogP contribution in [0.15, 0.2) is 45.3 Å². The van der Waals surface area contributed by atoms with Crippen LogP contribution in [0.3, 0.4) is 0 Å². The van der Waals surface area contributed by atoms with E-state index in [4.69, 9.17) is 20.3 Å². The van der Waals surface area contributed by atoms with E-state index in [1.807, 2.05) is 26.0 Å². The normalized spacial score (nSPS) is 11.7. The molecule has 6 rings (SSSR count). The Bertz CT molecular complexity index is 2080. The van der Waals surface area contributed by atoms with E-state index in [2.05, 4.69) is 30.6 Å². The number of nitrogens with zero attached hydrogens (tertiary/aromatic N) is 6. The van der Waals surface area contributed by atoms with Crippen molar-refractivity contribution in [1.29, 1.82) is 0 Å². The maximum atomic E-state index is 11.9. The summed E-state index contributed by atoms with van der Waals surface area (Å²) in [6.45, 7) is 7.80. The summed E-state index contributed by atoms with van der Waals surface area (Å²) in [5.41, 5.74) is 14.0. The molecule has 0 spiro atoms. The molecular formula is C32H34N10O6. The number of hydrogen-bond donors (Lipinski definition) is 6. The molecule has 0 aliphatic carbocycles. The number of aromatic nitrogens is 6. The molecule has 0 bridgehead atoms. The van der Waals surface area contributed by atoms with E-state index >= 15 is 0 Å². The minimum Gasteiger partial charge on any atom is -0.506 e. The van der Waals surface area contributed by atoms with Crippen molar-refractivity contribution in [3.63, 3.8) is 0 Å². The third-order valence-electron chi connectivity index (χ3n) is 7.68. The Labute approximate surface area is 273 Å². The second-order valence-corrected chi connectivity index (χ2v) is 11.0. The summed E-state index contributed by atoms with van der Waals surface area (Å²) < 4.78 is 15.0. The first-order valence-corrected chi connectivity index (χ1v) is 15.1. The molecule has 6 aromatic rings. The molecule has 4 heterocycles. The van der Waals surface area contributed by atoms with E-state index in [0.29, 0.717) is 81.7 Å². The van der Waals surface area contributed by atoms with Gasteiger partial charge in [0.2, 0.25) is 35.5 Å². The molecule has 48 heavy (non-hydrogen) atoms. The number of anilines is 4. The molecular weight excluding hydrogens is 620 g/mol. The number of phenols is 2. The Balaban J connectivity index is 1.38. The Morgan fingerprint density at radius 2 is 1.12 bits per heavy atom. The van der Waals surface area contributed by atoms with Gasteiger partial charge in [0.05, 0.1) is 11.0 Å². The van der Waals surface area contributed by atoms with Crippen LogP contribution in [0, 0.1) is 13.8 Å². The standard InChI is InChI=1S/C32H34N10O6/c1-5-19-29(47-15(3)35-19)39-31-37-21-11-17(27(33)45)13-23(43)25(21)41(31)9-7-8-10-42-26-22(12-18(28(34)46)14-24(26)44)38-32(42)40-30-20(6-2)36-16(4)48-30/h7-8,11-14,43-44H,5-6,9-10H2,1-4H3,(H2,33,45)(H2,34,46)(H,37,39)(H,38,40)/b8-7+. The molecule has 0 fully saturated rings. The zero-order valence-corrected chi connectivity index (χ0v) is 26.7. The van der Waals surface area contributed by atoms with E-state index < -0.39 is 11.8 Å². The highest BCUT2D eigenvalue weighted by Crippen LogP contribution is 2.34. The number of imidazole rings is 2. The van der Waals surface area contributed by atoms with Crippen LogP contribution in [-0.4, -0.2) is 51.1 Å². The minimum absolute atomic E-state index is 0.107. The van der Waals surface area contributed by atoms with Gasteiger partial charge in [-0.2, -0.15) is 0 Å². The van der Waals surface area contributed by atoms with Gasteiger partial charge in [-0.1, -0.05) is 26.0 Å². The molecule has 2 aromatic carbocycles. The van der Waals surface area contributed by atoms with Crippen LogP contribution >= 0.6 is 0 Å². The van der Waals surface area contributed by atoms with Crippen LogP contribution in [0.1, 0.15) is 57.7 Å². The topological polar surface area (TPSA) is 238 Å². The molecule has 248 valence electrons. The summed E-state index contributed by atoms with van der Waals surface area (Å²) in [5, 5.41) is 28.3. The number of nitrogens with one attached hydrogen (secondary N) is 2. The van der Waals surface area contributed by atoms with Crippen LogP contribution < -0.4 is 22.1 Å². The number of allylic oxidation sites excluding steroid dienone is 2.